The molecular formula is C11H17NOS. The molecule has 0 bridgehead atoms. The molecule has 0 aliphatic rings. The summed E-state index contributed by atoms with van der Waals surface area (Å²) in [7, 11) is 0. The van der Waals surface area contributed by atoms with Crippen molar-refractivity contribution in [3.05, 3.63) is 23.4 Å². The van der Waals surface area contributed by atoms with Crippen LogP contribution in [0.3, 0.4) is 0 Å². The molecule has 0 radical (unpaired) electrons. The first-order chi connectivity index (χ1) is 6.72. The van der Waals surface area contributed by atoms with E-state index in [2.05, 4.69) is 24.0 Å². The highest BCUT2D eigenvalue weighted by Gasteiger charge is 1.98. The maximum Gasteiger partial charge on any atom is 0.0965 e. The van der Waals surface area contributed by atoms with E-state index in [9.17, 15) is 0 Å². The monoisotopic (exact) mass is 211 g/mol. The third-order valence-corrected chi connectivity index (χ3v) is 2.87. The van der Waals surface area contributed by atoms with Crippen LogP contribution in [0.5, 0.6) is 0 Å². The standard InChI is InChI=1S/C11H17NOS/c1-9-7-10(2)12-11(8-9)14-6-4-3-5-13/h7-8,13H,3-6H2,1-2H3. The van der Waals surface area contributed by atoms with Gasteiger partial charge in [-0.25, -0.2) is 4.98 Å². The summed E-state index contributed by atoms with van der Waals surface area (Å²) < 4.78 is 0. The zero-order valence-electron chi connectivity index (χ0n) is 8.79. The van der Waals surface area contributed by atoms with Crippen molar-refractivity contribution in [2.24, 2.45) is 0 Å². The molecular weight excluding hydrogens is 194 g/mol. The minimum Gasteiger partial charge on any atom is -0.396 e. The lowest BCUT2D eigenvalue weighted by molar-refractivity contribution is 0.287. The molecule has 1 heterocycles. The van der Waals surface area contributed by atoms with Gasteiger partial charge in [-0.05, 0) is 50.1 Å². The average Bonchev–Trinajstić information content (AvgIpc) is 2.11. The van der Waals surface area contributed by atoms with Gasteiger partial charge < -0.3 is 5.11 Å². The number of nitrogens with zero attached hydrogens (tertiary/aromatic N) is 1. The molecule has 0 aromatic carbocycles. The Morgan fingerprint density at radius 3 is 2.71 bits per heavy atom. The summed E-state index contributed by atoms with van der Waals surface area (Å²) in [5, 5.41) is 9.72. The van der Waals surface area contributed by atoms with E-state index in [0.717, 1.165) is 29.3 Å². The van der Waals surface area contributed by atoms with Gasteiger partial charge in [0.25, 0.3) is 0 Å². The maximum atomic E-state index is 8.63. The predicted octanol–water partition coefficient (Wildman–Crippen LogP) is 2.56. The van der Waals surface area contributed by atoms with Crippen molar-refractivity contribution in [2.75, 3.05) is 12.4 Å². The average molecular weight is 211 g/mol. The molecule has 0 aliphatic heterocycles. The summed E-state index contributed by atoms with van der Waals surface area (Å²) in [5.74, 6) is 1.04. The number of hydrogen-bond acceptors (Lipinski definition) is 3. The van der Waals surface area contributed by atoms with E-state index in [1.54, 1.807) is 11.8 Å². The highest BCUT2D eigenvalue weighted by atomic mass is 32.2. The molecule has 1 aromatic heterocycles. The Morgan fingerprint density at radius 1 is 1.29 bits per heavy atom. The van der Waals surface area contributed by atoms with Crippen molar-refractivity contribution in [1.82, 2.24) is 4.98 Å². The largest absolute Gasteiger partial charge is 0.396 e. The fourth-order valence-electron chi connectivity index (χ4n) is 1.27. The Hall–Kier alpha value is -0.540. The quantitative estimate of drug-likeness (QED) is 0.600. The first-order valence-electron chi connectivity index (χ1n) is 4.91. The minimum atomic E-state index is 0.292. The zero-order valence-corrected chi connectivity index (χ0v) is 9.60. The third-order valence-electron chi connectivity index (χ3n) is 1.88. The molecule has 0 saturated heterocycles. The number of hydrogen-bond donors (Lipinski definition) is 1. The number of aromatic nitrogens is 1. The lowest BCUT2D eigenvalue weighted by Crippen LogP contribution is -1.89. The molecule has 1 N–H and O–H groups in total. The van der Waals surface area contributed by atoms with Gasteiger partial charge in [-0.15, -0.1) is 11.8 Å². The second-order valence-corrected chi connectivity index (χ2v) is 4.52. The zero-order chi connectivity index (χ0) is 10.4. The lowest BCUT2D eigenvalue weighted by atomic mass is 10.3. The predicted molar refractivity (Wildman–Crippen MR) is 60.8 cm³/mol. The molecule has 1 rings (SSSR count). The van der Waals surface area contributed by atoms with Gasteiger partial charge in [-0.3, -0.25) is 0 Å². The molecule has 78 valence electrons. The number of pyridine rings is 1. The Morgan fingerprint density at radius 2 is 2.07 bits per heavy atom. The summed E-state index contributed by atoms with van der Waals surface area (Å²) in [6.07, 6.45) is 1.94. The molecule has 14 heavy (non-hydrogen) atoms. The number of aliphatic hydroxyl groups excluding tert-OH is 1. The number of thioether (sulfide) groups is 1. The Bertz CT molecular complexity index is 268. The summed E-state index contributed by atoms with van der Waals surface area (Å²) in [4.78, 5) is 4.43. The van der Waals surface area contributed by atoms with Gasteiger partial charge in [0.15, 0.2) is 0 Å². The first-order valence-corrected chi connectivity index (χ1v) is 5.90. The number of rotatable bonds is 5. The van der Waals surface area contributed by atoms with Crippen LogP contribution in [0.25, 0.3) is 0 Å². The normalized spacial score (nSPS) is 10.5. The highest BCUT2D eigenvalue weighted by molar-refractivity contribution is 7.99. The van der Waals surface area contributed by atoms with Crippen LogP contribution in [0.1, 0.15) is 24.1 Å². The summed E-state index contributed by atoms with van der Waals surface area (Å²) in [6.45, 7) is 4.40. The van der Waals surface area contributed by atoms with Gasteiger partial charge >= 0.3 is 0 Å². The van der Waals surface area contributed by atoms with Gasteiger partial charge in [0.05, 0.1) is 5.03 Å². The van der Waals surface area contributed by atoms with Crippen molar-refractivity contribution in [3.63, 3.8) is 0 Å². The molecule has 2 nitrogen and oxygen atoms in total. The molecule has 0 spiro atoms. The molecule has 0 amide bonds. The van der Waals surface area contributed by atoms with Crippen LogP contribution in [0.4, 0.5) is 0 Å². The van der Waals surface area contributed by atoms with E-state index >= 15 is 0 Å². The molecule has 0 unspecified atom stereocenters. The van der Waals surface area contributed by atoms with Crippen LogP contribution in [0.15, 0.2) is 17.2 Å². The number of unbranched alkanes of at least 4 members (excludes halogenated alkanes) is 1. The summed E-state index contributed by atoms with van der Waals surface area (Å²) in [6, 6.07) is 4.19. The fraction of sp³-hybridized carbons (Fsp3) is 0.545. The maximum absolute atomic E-state index is 8.63. The van der Waals surface area contributed by atoms with E-state index in [0.29, 0.717) is 6.61 Å². The van der Waals surface area contributed by atoms with Crippen LogP contribution < -0.4 is 0 Å². The third kappa shape index (κ3) is 4.11. The number of aliphatic hydroxyl groups is 1. The summed E-state index contributed by atoms with van der Waals surface area (Å²) >= 11 is 1.77. The van der Waals surface area contributed by atoms with Crippen LogP contribution in [0, 0.1) is 13.8 Å². The van der Waals surface area contributed by atoms with Crippen LogP contribution in [-0.2, 0) is 0 Å². The molecule has 0 saturated carbocycles. The second-order valence-electron chi connectivity index (χ2n) is 3.40. The van der Waals surface area contributed by atoms with Crippen molar-refractivity contribution in [2.45, 2.75) is 31.7 Å². The number of aryl methyl sites for hydroxylation is 2. The van der Waals surface area contributed by atoms with Gasteiger partial charge in [0.2, 0.25) is 0 Å². The Labute approximate surface area is 89.8 Å². The molecule has 0 aliphatic carbocycles. The second kappa shape index (κ2) is 6.04. The van der Waals surface area contributed by atoms with Crippen LogP contribution >= 0.6 is 11.8 Å². The lowest BCUT2D eigenvalue weighted by Gasteiger charge is -2.03. The van der Waals surface area contributed by atoms with Crippen molar-refractivity contribution < 1.29 is 5.11 Å². The van der Waals surface area contributed by atoms with Gasteiger partial charge in [0, 0.05) is 12.3 Å². The smallest absolute Gasteiger partial charge is 0.0965 e. The molecule has 0 atom stereocenters. The Kier molecular flexibility index (Phi) is 4.98. The van der Waals surface area contributed by atoms with Gasteiger partial charge in [-0.2, -0.15) is 0 Å². The fourth-order valence-corrected chi connectivity index (χ4v) is 2.30. The van der Waals surface area contributed by atoms with Gasteiger partial charge in [-0.1, -0.05) is 0 Å². The van der Waals surface area contributed by atoms with Crippen molar-refractivity contribution in [3.8, 4) is 0 Å². The highest BCUT2D eigenvalue weighted by Crippen LogP contribution is 2.18. The minimum absolute atomic E-state index is 0.292. The molecule has 3 heteroatoms. The topological polar surface area (TPSA) is 33.1 Å². The Balaban J connectivity index is 2.42. The van der Waals surface area contributed by atoms with E-state index in [1.807, 2.05) is 6.92 Å². The van der Waals surface area contributed by atoms with E-state index < -0.39 is 0 Å². The van der Waals surface area contributed by atoms with Gasteiger partial charge in [0.1, 0.15) is 0 Å². The van der Waals surface area contributed by atoms with E-state index in [1.165, 1.54) is 5.56 Å². The summed E-state index contributed by atoms with van der Waals surface area (Å²) in [5.41, 5.74) is 2.34. The van der Waals surface area contributed by atoms with Crippen LogP contribution in [0.2, 0.25) is 0 Å². The molecule has 0 fully saturated rings. The first kappa shape index (κ1) is 11.5. The SMILES string of the molecule is Cc1cc(C)nc(SCCCCO)c1. The van der Waals surface area contributed by atoms with Crippen LogP contribution in [-0.4, -0.2) is 22.5 Å². The van der Waals surface area contributed by atoms with Crippen molar-refractivity contribution in [1.29, 1.82) is 0 Å². The van der Waals surface area contributed by atoms with E-state index in [-0.39, 0.29) is 0 Å². The molecule has 1 aromatic rings. The van der Waals surface area contributed by atoms with Crippen molar-refractivity contribution >= 4 is 11.8 Å². The van der Waals surface area contributed by atoms with E-state index in [4.69, 9.17) is 5.11 Å².